The summed E-state index contributed by atoms with van der Waals surface area (Å²) in [4.78, 5) is 14.6. The van der Waals surface area contributed by atoms with Crippen molar-refractivity contribution >= 4 is 114 Å². The van der Waals surface area contributed by atoms with Gasteiger partial charge in [0.05, 0.1) is 33.1 Å². The van der Waals surface area contributed by atoms with Crippen LogP contribution >= 0.6 is 0 Å². The van der Waals surface area contributed by atoms with Gasteiger partial charge in [0.2, 0.25) is 0 Å². The molecule has 0 aliphatic heterocycles. The van der Waals surface area contributed by atoms with E-state index in [2.05, 4.69) is 203 Å². The van der Waals surface area contributed by atoms with E-state index in [1.807, 2.05) is 22.6 Å². The van der Waals surface area contributed by atoms with Crippen molar-refractivity contribution in [3.63, 3.8) is 0 Å². The van der Waals surface area contributed by atoms with E-state index in [0.29, 0.717) is 0 Å². The van der Waals surface area contributed by atoms with E-state index in [-0.39, 0.29) is 5.56 Å². The van der Waals surface area contributed by atoms with E-state index in [1.54, 1.807) is 0 Å². The molecule has 4 aromatic heterocycles. The highest BCUT2D eigenvalue weighted by Crippen LogP contribution is 2.47. The molecule has 0 radical (unpaired) electrons. The van der Waals surface area contributed by atoms with Gasteiger partial charge in [-0.3, -0.25) is 9.20 Å². The van der Waals surface area contributed by atoms with Crippen molar-refractivity contribution in [3.8, 4) is 22.5 Å². The highest BCUT2D eigenvalue weighted by atomic mass is 16.1. The quantitative estimate of drug-likeness (QED) is 0.163. The van der Waals surface area contributed by atoms with Crippen LogP contribution < -0.4 is 5.56 Å². The smallest absolute Gasteiger partial charge is 0.263 e. The SMILES string of the molecule is O=c1c2ccccc2c2cccc3c4ccc(-c5cc(-n6c7ccccc7c7c8c9ccccc9n(-c9ccccc9)c8ccc76)cc6c7ccccc7c7ccccc7c56)cc4n1c23. The Kier molecular flexibility index (Phi) is 6.79. The van der Waals surface area contributed by atoms with Gasteiger partial charge >= 0.3 is 0 Å². The van der Waals surface area contributed by atoms with Crippen LogP contribution in [0.3, 0.4) is 0 Å². The summed E-state index contributed by atoms with van der Waals surface area (Å²) >= 11 is 0. The second-order valence-corrected chi connectivity index (χ2v) is 17.5. The van der Waals surface area contributed by atoms with Crippen LogP contribution in [0.2, 0.25) is 0 Å². The maximum absolute atomic E-state index is 14.6. The molecule has 0 saturated heterocycles. The molecule has 0 amide bonds. The largest absolute Gasteiger partial charge is 0.309 e. The molecule has 11 aromatic carbocycles. The highest BCUT2D eigenvalue weighted by molar-refractivity contribution is 6.31. The van der Waals surface area contributed by atoms with Crippen LogP contribution in [-0.4, -0.2) is 13.5 Å². The van der Waals surface area contributed by atoms with Gasteiger partial charge in [-0.25, -0.2) is 0 Å². The summed E-state index contributed by atoms with van der Waals surface area (Å²) in [6, 6.07) is 76.7. The number of fused-ring (bicyclic) bond motifs is 18. The summed E-state index contributed by atoms with van der Waals surface area (Å²) in [5.74, 6) is 0. The lowest BCUT2D eigenvalue weighted by molar-refractivity contribution is 1.17. The van der Waals surface area contributed by atoms with Gasteiger partial charge in [-0.15, -0.1) is 0 Å². The third-order valence-electron chi connectivity index (χ3n) is 14.3. The number of rotatable bonds is 3. The Labute approximate surface area is 371 Å². The normalized spacial score (nSPS) is 12.4. The summed E-state index contributed by atoms with van der Waals surface area (Å²) in [5, 5.41) is 17.2. The number of hydrogen-bond donors (Lipinski definition) is 0. The molecule has 0 N–H and O–H groups in total. The van der Waals surface area contributed by atoms with Crippen molar-refractivity contribution in [3.05, 3.63) is 223 Å². The number of para-hydroxylation sites is 4. The average Bonchev–Trinajstić information content (AvgIpc) is 4.01. The van der Waals surface area contributed by atoms with Crippen LogP contribution in [0.1, 0.15) is 0 Å². The van der Waals surface area contributed by atoms with E-state index >= 15 is 0 Å². The zero-order chi connectivity index (χ0) is 42.5. The van der Waals surface area contributed by atoms with Gasteiger partial charge in [-0.05, 0) is 109 Å². The number of nitrogens with zero attached hydrogens (tertiary/aromatic N) is 3. The van der Waals surface area contributed by atoms with Crippen molar-refractivity contribution in [2.75, 3.05) is 0 Å². The first-order chi connectivity index (χ1) is 32.2. The molecule has 15 aromatic rings. The van der Waals surface area contributed by atoms with Crippen LogP contribution in [0.4, 0.5) is 0 Å². The molecular formula is C61H35N3O. The zero-order valence-corrected chi connectivity index (χ0v) is 35.0. The van der Waals surface area contributed by atoms with Gasteiger partial charge in [0.1, 0.15) is 0 Å². The summed E-state index contributed by atoms with van der Waals surface area (Å²) in [7, 11) is 0. The van der Waals surface area contributed by atoms with Crippen LogP contribution in [0.15, 0.2) is 217 Å². The molecule has 0 bridgehead atoms. The molecule has 0 unspecified atom stereocenters. The predicted octanol–water partition coefficient (Wildman–Crippen LogP) is 15.5. The second-order valence-electron chi connectivity index (χ2n) is 17.5. The van der Waals surface area contributed by atoms with Gasteiger partial charge in [-0.2, -0.15) is 0 Å². The first-order valence-corrected chi connectivity index (χ1v) is 22.3. The minimum absolute atomic E-state index is 0.0109. The molecule has 0 aliphatic carbocycles. The molecule has 4 nitrogen and oxygen atoms in total. The monoisotopic (exact) mass is 825 g/mol. The van der Waals surface area contributed by atoms with Crippen molar-refractivity contribution in [1.29, 1.82) is 0 Å². The molecule has 0 saturated carbocycles. The Hall–Kier alpha value is -8.73. The van der Waals surface area contributed by atoms with E-state index in [0.717, 1.165) is 71.5 Å². The lowest BCUT2D eigenvalue weighted by Crippen LogP contribution is -2.12. The van der Waals surface area contributed by atoms with E-state index in [9.17, 15) is 4.79 Å². The maximum atomic E-state index is 14.6. The number of pyridine rings is 1. The molecular weight excluding hydrogens is 791 g/mol. The second kappa shape index (κ2) is 12.7. The van der Waals surface area contributed by atoms with Gasteiger partial charge in [-0.1, -0.05) is 152 Å². The van der Waals surface area contributed by atoms with E-state index < -0.39 is 0 Å². The molecule has 4 heteroatoms. The fraction of sp³-hybridized carbons (Fsp3) is 0. The third kappa shape index (κ3) is 4.52. The first-order valence-electron chi connectivity index (χ1n) is 22.3. The number of aromatic nitrogens is 3. The fourth-order valence-electron chi connectivity index (χ4n) is 11.7. The Morgan fingerprint density at radius 3 is 1.43 bits per heavy atom. The summed E-state index contributed by atoms with van der Waals surface area (Å²) in [5.41, 5.74) is 11.0. The lowest BCUT2D eigenvalue weighted by atomic mass is 9.88. The molecule has 4 heterocycles. The van der Waals surface area contributed by atoms with Crippen LogP contribution in [0.5, 0.6) is 0 Å². The summed E-state index contributed by atoms with van der Waals surface area (Å²) < 4.78 is 6.85. The first kappa shape index (κ1) is 34.8. The molecule has 300 valence electrons. The summed E-state index contributed by atoms with van der Waals surface area (Å²) in [6.07, 6.45) is 0. The van der Waals surface area contributed by atoms with E-state index in [1.165, 1.54) is 64.9 Å². The van der Waals surface area contributed by atoms with Crippen molar-refractivity contribution in [2.24, 2.45) is 0 Å². The highest BCUT2D eigenvalue weighted by Gasteiger charge is 2.24. The molecule has 0 aliphatic rings. The number of hydrogen-bond acceptors (Lipinski definition) is 1. The Morgan fingerprint density at radius 1 is 0.277 bits per heavy atom. The molecule has 0 fully saturated rings. The zero-order valence-electron chi connectivity index (χ0n) is 35.0. The van der Waals surface area contributed by atoms with Gasteiger partial charge < -0.3 is 9.13 Å². The topological polar surface area (TPSA) is 31.3 Å². The van der Waals surface area contributed by atoms with Crippen LogP contribution in [0, 0.1) is 0 Å². The van der Waals surface area contributed by atoms with Gasteiger partial charge in [0.15, 0.2) is 0 Å². The van der Waals surface area contributed by atoms with Crippen LogP contribution in [0.25, 0.3) is 136 Å². The molecule has 65 heavy (non-hydrogen) atoms. The molecule has 0 atom stereocenters. The predicted molar refractivity (Wildman–Crippen MR) is 274 cm³/mol. The molecule has 15 rings (SSSR count). The number of benzene rings is 11. The fourth-order valence-corrected chi connectivity index (χ4v) is 11.7. The van der Waals surface area contributed by atoms with Crippen LogP contribution in [-0.2, 0) is 0 Å². The lowest BCUT2D eigenvalue weighted by Gasteiger charge is -2.18. The Balaban J connectivity index is 1.10. The average molecular weight is 826 g/mol. The Morgan fingerprint density at radius 2 is 0.769 bits per heavy atom. The Bertz CT molecular complexity index is 4610. The van der Waals surface area contributed by atoms with Gasteiger partial charge in [0.25, 0.3) is 5.56 Å². The van der Waals surface area contributed by atoms with Crippen molar-refractivity contribution in [1.82, 2.24) is 13.5 Å². The standard InChI is InChI=1S/C61H35N3O/c65-61-47-22-9-7-20-42(47)45-25-14-26-46-43-30-29-36(33-56(43)64(61)60(45)46)50-34-38(35-51-41-19-5-4-17-39(41)40-18-6-8-21-44(40)57(50)51)63-53-28-13-11-24-49(53)59-55(63)32-31-54-58(59)48-23-10-12-27-52(48)62(54)37-15-2-1-3-16-37/h1-35H. The van der Waals surface area contributed by atoms with E-state index in [4.69, 9.17) is 0 Å². The molecule has 0 spiro atoms. The van der Waals surface area contributed by atoms with Crippen molar-refractivity contribution < 1.29 is 0 Å². The summed E-state index contributed by atoms with van der Waals surface area (Å²) in [6.45, 7) is 0. The third-order valence-corrected chi connectivity index (χ3v) is 14.3. The minimum Gasteiger partial charge on any atom is -0.309 e. The maximum Gasteiger partial charge on any atom is 0.263 e. The van der Waals surface area contributed by atoms with Crippen molar-refractivity contribution in [2.45, 2.75) is 0 Å². The van der Waals surface area contributed by atoms with Gasteiger partial charge in [0, 0.05) is 54.5 Å². The minimum atomic E-state index is 0.0109.